The molecule has 2 N–H and O–H groups in total. The molecule has 166 valence electrons. The maximum atomic E-state index is 13.2. The first-order valence-corrected chi connectivity index (χ1v) is 12.1. The number of hydrogen-bond donors (Lipinski definition) is 2. The quantitative estimate of drug-likeness (QED) is 0.632. The number of nitrogens with zero attached hydrogens (tertiary/aromatic N) is 1. The summed E-state index contributed by atoms with van der Waals surface area (Å²) in [4.78, 5) is 14.2. The van der Waals surface area contributed by atoms with E-state index < -0.39 is 16.0 Å². The SMILES string of the molecule is CC(C)N(C)C/C=C\c1ccccc1S(=O)(=O)Nc1ccc2c(c1C(=O)O)CCCC2. The minimum Gasteiger partial charge on any atom is -0.478 e. The van der Waals surface area contributed by atoms with Gasteiger partial charge in [0, 0.05) is 12.6 Å². The molecule has 0 atom stereocenters. The third-order valence-electron chi connectivity index (χ3n) is 5.77. The standard InChI is InChI=1S/C24H30N2O4S/c1-17(2)26(3)16-8-11-19-10-5-7-13-22(19)31(29,30)25-21-15-14-18-9-4-6-12-20(18)23(21)24(27)28/h5,7-8,10-11,13-15,17,25H,4,6,9,12,16H2,1-3H3,(H,27,28)/b11-8-. The first kappa shape index (κ1) is 23.0. The van der Waals surface area contributed by atoms with Gasteiger partial charge < -0.3 is 10.0 Å². The third-order valence-corrected chi connectivity index (χ3v) is 7.21. The summed E-state index contributed by atoms with van der Waals surface area (Å²) in [5, 5.41) is 9.81. The first-order valence-electron chi connectivity index (χ1n) is 10.6. The van der Waals surface area contributed by atoms with Gasteiger partial charge in [-0.25, -0.2) is 13.2 Å². The molecular weight excluding hydrogens is 412 g/mol. The summed E-state index contributed by atoms with van der Waals surface area (Å²) in [6.07, 6.45) is 7.11. The Morgan fingerprint density at radius 2 is 1.87 bits per heavy atom. The zero-order valence-corrected chi connectivity index (χ0v) is 19.1. The van der Waals surface area contributed by atoms with E-state index in [1.165, 1.54) is 6.07 Å². The zero-order chi connectivity index (χ0) is 22.6. The van der Waals surface area contributed by atoms with Crippen LogP contribution in [0.15, 0.2) is 47.4 Å². The molecule has 0 fully saturated rings. The number of rotatable bonds is 8. The summed E-state index contributed by atoms with van der Waals surface area (Å²) in [5.41, 5.74) is 2.47. The number of nitrogens with one attached hydrogen (secondary N) is 1. The van der Waals surface area contributed by atoms with Crippen molar-refractivity contribution < 1.29 is 18.3 Å². The van der Waals surface area contributed by atoms with Crippen LogP contribution in [0.25, 0.3) is 6.08 Å². The lowest BCUT2D eigenvalue weighted by Gasteiger charge is -2.21. The van der Waals surface area contributed by atoms with Gasteiger partial charge in [0.05, 0.1) is 16.1 Å². The van der Waals surface area contributed by atoms with Crippen LogP contribution in [0, 0.1) is 0 Å². The second-order valence-electron chi connectivity index (χ2n) is 8.22. The summed E-state index contributed by atoms with van der Waals surface area (Å²) in [6.45, 7) is 4.87. The van der Waals surface area contributed by atoms with Crippen LogP contribution < -0.4 is 4.72 Å². The monoisotopic (exact) mass is 442 g/mol. The van der Waals surface area contributed by atoms with Crippen molar-refractivity contribution in [3.05, 3.63) is 64.7 Å². The molecule has 0 saturated carbocycles. The Balaban J connectivity index is 1.94. The highest BCUT2D eigenvalue weighted by Gasteiger charge is 2.25. The minimum atomic E-state index is -3.97. The lowest BCUT2D eigenvalue weighted by Crippen LogP contribution is -2.26. The predicted octanol–water partition coefficient (Wildman–Crippen LogP) is 4.42. The highest BCUT2D eigenvalue weighted by molar-refractivity contribution is 7.92. The van der Waals surface area contributed by atoms with Crippen LogP contribution in [-0.4, -0.2) is 44.0 Å². The van der Waals surface area contributed by atoms with E-state index in [4.69, 9.17) is 0 Å². The number of likely N-dealkylation sites (N-methyl/N-ethyl adjacent to an activating group) is 1. The molecule has 31 heavy (non-hydrogen) atoms. The number of aryl methyl sites for hydroxylation is 1. The van der Waals surface area contributed by atoms with E-state index in [1.54, 1.807) is 30.3 Å². The summed E-state index contributed by atoms with van der Waals surface area (Å²) in [6, 6.07) is 10.5. The Hall–Kier alpha value is -2.64. The number of aromatic carboxylic acids is 1. The van der Waals surface area contributed by atoms with Crippen molar-refractivity contribution in [1.82, 2.24) is 4.90 Å². The van der Waals surface area contributed by atoms with Gasteiger partial charge in [-0.1, -0.05) is 36.4 Å². The van der Waals surface area contributed by atoms with Crippen LogP contribution in [0.4, 0.5) is 5.69 Å². The molecule has 3 rings (SSSR count). The second-order valence-corrected chi connectivity index (χ2v) is 9.87. The van der Waals surface area contributed by atoms with E-state index in [9.17, 15) is 18.3 Å². The number of anilines is 1. The number of hydrogen-bond acceptors (Lipinski definition) is 4. The van der Waals surface area contributed by atoms with Crippen LogP contribution in [-0.2, 0) is 22.9 Å². The van der Waals surface area contributed by atoms with E-state index in [1.807, 2.05) is 19.2 Å². The number of fused-ring (bicyclic) bond motifs is 1. The minimum absolute atomic E-state index is 0.0624. The first-order chi connectivity index (χ1) is 14.7. The summed E-state index contributed by atoms with van der Waals surface area (Å²) in [7, 11) is -1.97. The van der Waals surface area contributed by atoms with Crippen molar-refractivity contribution in [3.63, 3.8) is 0 Å². The van der Waals surface area contributed by atoms with Crippen molar-refractivity contribution in [3.8, 4) is 0 Å². The third kappa shape index (κ3) is 5.35. The van der Waals surface area contributed by atoms with Gasteiger partial charge in [-0.3, -0.25) is 4.72 Å². The maximum absolute atomic E-state index is 13.2. The van der Waals surface area contributed by atoms with E-state index in [2.05, 4.69) is 23.5 Å². The highest BCUT2D eigenvalue weighted by atomic mass is 32.2. The zero-order valence-electron chi connectivity index (χ0n) is 18.3. The molecule has 1 aliphatic carbocycles. The predicted molar refractivity (Wildman–Crippen MR) is 124 cm³/mol. The van der Waals surface area contributed by atoms with Crippen LogP contribution in [0.3, 0.4) is 0 Å². The Kier molecular flexibility index (Phi) is 7.18. The summed E-state index contributed by atoms with van der Waals surface area (Å²) >= 11 is 0. The smallest absolute Gasteiger partial charge is 0.338 e. The van der Waals surface area contributed by atoms with Crippen molar-refractivity contribution in [2.45, 2.75) is 50.5 Å². The fraction of sp³-hybridized carbons (Fsp3) is 0.375. The van der Waals surface area contributed by atoms with Gasteiger partial charge in [-0.15, -0.1) is 0 Å². The van der Waals surface area contributed by atoms with Gasteiger partial charge in [0.25, 0.3) is 10.0 Å². The topological polar surface area (TPSA) is 86.7 Å². The van der Waals surface area contributed by atoms with Crippen LogP contribution in [0.5, 0.6) is 0 Å². The van der Waals surface area contributed by atoms with Gasteiger partial charge in [0.2, 0.25) is 0 Å². The number of carboxylic acid groups (broad SMARTS) is 1. The van der Waals surface area contributed by atoms with Crippen LogP contribution >= 0.6 is 0 Å². The average molecular weight is 443 g/mol. The molecule has 0 heterocycles. The van der Waals surface area contributed by atoms with E-state index in [-0.39, 0.29) is 16.1 Å². The molecule has 0 radical (unpaired) electrons. The van der Waals surface area contributed by atoms with Crippen molar-refractivity contribution in [2.24, 2.45) is 0 Å². The molecule has 2 aromatic rings. The van der Waals surface area contributed by atoms with E-state index >= 15 is 0 Å². The van der Waals surface area contributed by atoms with Gasteiger partial charge in [-0.2, -0.15) is 0 Å². The molecule has 0 aromatic heterocycles. The molecule has 0 spiro atoms. The number of carboxylic acids is 1. The molecule has 0 aliphatic heterocycles. The molecular formula is C24H30N2O4S. The second kappa shape index (κ2) is 9.66. The normalized spacial score (nSPS) is 14.2. The molecule has 7 heteroatoms. The number of carbonyl (C=O) groups is 1. The average Bonchev–Trinajstić information content (AvgIpc) is 2.73. The maximum Gasteiger partial charge on any atom is 0.338 e. The Morgan fingerprint density at radius 3 is 2.58 bits per heavy atom. The molecule has 0 saturated heterocycles. The molecule has 1 aliphatic rings. The fourth-order valence-corrected chi connectivity index (χ4v) is 5.05. The molecule has 0 amide bonds. The van der Waals surface area contributed by atoms with E-state index in [0.29, 0.717) is 24.6 Å². The van der Waals surface area contributed by atoms with Gasteiger partial charge in [0.15, 0.2) is 0 Å². The van der Waals surface area contributed by atoms with Crippen LogP contribution in [0.1, 0.15) is 53.7 Å². The Morgan fingerprint density at radius 1 is 1.16 bits per heavy atom. The lowest BCUT2D eigenvalue weighted by atomic mass is 9.87. The number of sulfonamides is 1. The Bertz CT molecular complexity index is 1090. The lowest BCUT2D eigenvalue weighted by molar-refractivity contribution is 0.0696. The fourth-order valence-electron chi connectivity index (χ4n) is 3.78. The molecule has 2 aromatic carbocycles. The highest BCUT2D eigenvalue weighted by Crippen LogP contribution is 2.31. The molecule has 6 nitrogen and oxygen atoms in total. The largest absolute Gasteiger partial charge is 0.478 e. The van der Waals surface area contributed by atoms with Gasteiger partial charge >= 0.3 is 5.97 Å². The van der Waals surface area contributed by atoms with Gasteiger partial charge in [-0.05, 0) is 75.4 Å². The van der Waals surface area contributed by atoms with Crippen molar-refractivity contribution in [1.29, 1.82) is 0 Å². The summed E-state index contributed by atoms with van der Waals surface area (Å²) < 4.78 is 29.0. The summed E-state index contributed by atoms with van der Waals surface area (Å²) in [5.74, 6) is -1.11. The Labute approximate surface area is 184 Å². The van der Waals surface area contributed by atoms with Gasteiger partial charge in [0.1, 0.15) is 0 Å². The van der Waals surface area contributed by atoms with E-state index in [0.717, 1.165) is 30.4 Å². The van der Waals surface area contributed by atoms with Crippen molar-refractivity contribution in [2.75, 3.05) is 18.3 Å². The molecule has 0 unspecified atom stereocenters. The number of benzene rings is 2. The van der Waals surface area contributed by atoms with Crippen molar-refractivity contribution >= 4 is 27.8 Å². The molecule has 0 bridgehead atoms. The van der Waals surface area contributed by atoms with Crippen LogP contribution in [0.2, 0.25) is 0 Å².